The summed E-state index contributed by atoms with van der Waals surface area (Å²) in [6.45, 7) is 4.78. The first-order valence-electron chi connectivity index (χ1n) is 16.6. The van der Waals surface area contributed by atoms with E-state index in [1.165, 1.54) is 12.1 Å². The number of aromatic amines is 1. The molecule has 0 unspecified atom stereocenters. The normalized spacial score (nSPS) is 16.5. The zero-order valence-corrected chi connectivity index (χ0v) is 28.6. The molecule has 0 spiro atoms. The summed E-state index contributed by atoms with van der Waals surface area (Å²) >= 11 is 7.06. The van der Waals surface area contributed by atoms with E-state index in [0.29, 0.717) is 54.5 Å². The number of fused-ring (bicyclic) bond motifs is 3. The van der Waals surface area contributed by atoms with Crippen molar-refractivity contribution < 1.29 is 27.1 Å². The van der Waals surface area contributed by atoms with Crippen LogP contribution in [0, 0.1) is 5.82 Å². The van der Waals surface area contributed by atoms with Gasteiger partial charge in [0.05, 0.1) is 47.4 Å². The molecular weight excluding hydrogens is 655 g/mol. The van der Waals surface area contributed by atoms with E-state index in [9.17, 15) is 17.6 Å². The number of hydrogen-bond donors (Lipinski definition) is 1. The molecule has 5 aromatic rings. The van der Waals surface area contributed by atoms with Crippen molar-refractivity contribution in [2.45, 2.75) is 71.5 Å². The molecule has 1 aliphatic heterocycles. The Bertz CT molecular complexity index is 2140. The van der Waals surface area contributed by atoms with Crippen molar-refractivity contribution in [3.8, 4) is 16.9 Å². The van der Waals surface area contributed by atoms with Crippen molar-refractivity contribution >= 4 is 49.3 Å². The molecule has 48 heavy (non-hydrogen) atoms. The maximum Gasteiger partial charge on any atom is 0.355 e. The van der Waals surface area contributed by atoms with E-state index < -0.39 is 16.0 Å². The highest BCUT2D eigenvalue weighted by molar-refractivity contribution is 7.89. The fourth-order valence-electron chi connectivity index (χ4n) is 7.00. The number of rotatable bonds is 9. The Morgan fingerprint density at radius 1 is 1.10 bits per heavy atom. The van der Waals surface area contributed by atoms with Crippen LogP contribution in [0.4, 0.5) is 4.39 Å². The van der Waals surface area contributed by atoms with Gasteiger partial charge in [-0.2, -0.15) is 9.40 Å². The van der Waals surface area contributed by atoms with Gasteiger partial charge in [-0.1, -0.05) is 36.7 Å². The summed E-state index contributed by atoms with van der Waals surface area (Å²) in [5, 5.41) is 10.7. The molecule has 0 amide bonds. The molecule has 7 rings (SSSR count). The van der Waals surface area contributed by atoms with Crippen LogP contribution in [0.3, 0.4) is 0 Å². The van der Waals surface area contributed by atoms with Crippen LogP contribution in [0.15, 0.2) is 48.5 Å². The summed E-state index contributed by atoms with van der Waals surface area (Å²) in [5.41, 5.74) is 4.96. The second-order valence-corrected chi connectivity index (χ2v) is 14.9. The van der Waals surface area contributed by atoms with Crippen molar-refractivity contribution in [3.05, 3.63) is 82.0 Å². The Labute approximate surface area is 284 Å². The number of benzene rings is 3. The van der Waals surface area contributed by atoms with Crippen LogP contribution >= 0.6 is 11.6 Å². The number of H-pyrrole nitrogens is 1. The highest BCUT2D eigenvalue weighted by Crippen LogP contribution is 2.44. The summed E-state index contributed by atoms with van der Waals surface area (Å²) in [5.74, 6) is -0.170. The van der Waals surface area contributed by atoms with Gasteiger partial charge in [-0.05, 0) is 86.7 Å². The zero-order valence-electron chi connectivity index (χ0n) is 27.0. The van der Waals surface area contributed by atoms with E-state index in [1.807, 2.05) is 41.8 Å². The number of halogens is 2. The lowest BCUT2D eigenvalue weighted by Gasteiger charge is -2.21. The molecule has 0 radical (unpaired) electrons. The second kappa shape index (κ2) is 13.2. The number of sulfonamides is 1. The Balaban J connectivity index is 1.33. The number of nitrogens with one attached hydrogen (secondary N) is 1. The number of carbonyl (C=O) groups is 1. The summed E-state index contributed by atoms with van der Waals surface area (Å²) in [4.78, 5) is 13.8. The zero-order chi connectivity index (χ0) is 33.6. The van der Waals surface area contributed by atoms with Gasteiger partial charge in [-0.3, -0.25) is 5.10 Å². The van der Waals surface area contributed by atoms with Crippen LogP contribution in [-0.4, -0.2) is 58.5 Å². The van der Waals surface area contributed by atoms with Crippen LogP contribution in [0.25, 0.3) is 32.8 Å². The Kier molecular flexibility index (Phi) is 8.95. The monoisotopic (exact) mass is 692 g/mol. The first-order valence-corrected chi connectivity index (χ1v) is 18.6. The van der Waals surface area contributed by atoms with Crippen molar-refractivity contribution in [3.63, 3.8) is 0 Å². The molecule has 9 nitrogen and oxygen atoms in total. The van der Waals surface area contributed by atoms with E-state index >= 15 is 0 Å². The number of hydrogen-bond acceptors (Lipinski definition) is 6. The minimum absolute atomic E-state index is 0.0267. The first-order chi connectivity index (χ1) is 23.2. The Morgan fingerprint density at radius 2 is 1.92 bits per heavy atom. The molecule has 252 valence electrons. The fourth-order valence-corrected chi connectivity index (χ4v) is 8.97. The molecule has 1 N–H and O–H groups in total. The largest absolute Gasteiger partial charge is 0.493 e. The standard InChI is InChI=1S/C36H38ClFN4O5S/c1-3-29-33-30(40-39-29)21-42(24-12-13-24)48(44,45)19-7-17-41-34-27(15-16-28(37)32(33)34)26(35(41)36(43)46-4-2)9-6-18-47-31-10-5-8-22-20-23(38)11-14-25(22)31/h5,8,10-11,14-16,20,24H,3-4,6-7,9,12-13,17-19,21H2,1-2H3,(H,39,40). The molecule has 3 heterocycles. The molecule has 0 saturated heterocycles. The quantitative estimate of drug-likeness (QED) is 0.127. The van der Waals surface area contributed by atoms with E-state index in [2.05, 4.69) is 10.2 Å². The van der Waals surface area contributed by atoms with Crippen LogP contribution in [0.1, 0.15) is 67.0 Å². The SMILES string of the molecule is CCOC(=O)c1c(CCCOc2cccc3cc(F)ccc23)c2ccc(Cl)c3c2n1CCCS(=O)(=O)N(C1CC1)Cc1[nH]nc(CC)c1-3. The van der Waals surface area contributed by atoms with Gasteiger partial charge < -0.3 is 14.0 Å². The maximum absolute atomic E-state index is 13.8. The molecular formula is C36H38ClFN4O5S. The lowest BCUT2D eigenvalue weighted by atomic mass is 9.97. The average molecular weight is 693 g/mol. The highest BCUT2D eigenvalue weighted by atomic mass is 35.5. The van der Waals surface area contributed by atoms with E-state index in [-0.39, 0.29) is 37.3 Å². The third-order valence-electron chi connectivity index (χ3n) is 9.29. The van der Waals surface area contributed by atoms with Crippen LogP contribution < -0.4 is 4.74 Å². The lowest BCUT2D eigenvalue weighted by molar-refractivity contribution is 0.0512. The predicted octanol–water partition coefficient (Wildman–Crippen LogP) is 7.43. The van der Waals surface area contributed by atoms with Crippen LogP contribution in [0.2, 0.25) is 5.02 Å². The predicted molar refractivity (Wildman–Crippen MR) is 185 cm³/mol. The minimum atomic E-state index is -3.60. The molecule has 1 saturated carbocycles. The van der Waals surface area contributed by atoms with E-state index in [4.69, 9.17) is 21.1 Å². The van der Waals surface area contributed by atoms with Gasteiger partial charge in [0.15, 0.2) is 0 Å². The molecule has 12 heteroatoms. The molecule has 3 aromatic carbocycles. The summed E-state index contributed by atoms with van der Waals surface area (Å²) in [6, 6.07) is 13.9. The number of aryl methyl sites for hydroxylation is 3. The van der Waals surface area contributed by atoms with Gasteiger partial charge in [0, 0.05) is 34.5 Å². The van der Waals surface area contributed by atoms with Crippen LogP contribution in [-0.2, 0) is 40.7 Å². The minimum Gasteiger partial charge on any atom is -0.493 e. The van der Waals surface area contributed by atoms with Gasteiger partial charge in [0.25, 0.3) is 0 Å². The number of nitrogens with zero attached hydrogens (tertiary/aromatic N) is 3. The average Bonchev–Trinajstić information content (AvgIpc) is 3.75. The maximum atomic E-state index is 13.8. The molecule has 2 aliphatic rings. The van der Waals surface area contributed by atoms with Crippen LogP contribution in [0.5, 0.6) is 5.75 Å². The van der Waals surface area contributed by atoms with Gasteiger partial charge in [-0.25, -0.2) is 17.6 Å². The molecule has 1 aliphatic carbocycles. The molecule has 0 bridgehead atoms. The highest BCUT2D eigenvalue weighted by Gasteiger charge is 2.39. The smallest absolute Gasteiger partial charge is 0.355 e. The van der Waals surface area contributed by atoms with Gasteiger partial charge >= 0.3 is 5.97 Å². The third-order valence-corrected chi connectivity index (χ3v) is 11.5. The second-order valence-electron chi connectivity index (χ2n) is 12.4. The van der Waals surface area contributed by atoms with Gasteiger partial charge in [-0.15, -0.1) is 0 Å². The van der Waals surface area contributed by atoms with Crippen molar-refractivity contribution in [2.75, 3.05) is 19.0 Å². The number of aromatic nitrogens is 3. The van der Waals surface area contributed by atoms with E-state index in [0.717, 1.165) is 56.9 Å². The first kappa shape index (κ1) is 32.6. The topological polar surface area (TPSA) is 107 Å². The van der Waals surface area contributed by atoms with Crippen molar-refractivity contribution in [1.82, 2.24) is 19.1 Å². The van der Waals surface area contributed by atoms with Gasteiger partial charge in [0.1, 0.15) is 17.3 Å². The molecule has 2 aromatic heterocycles. The lowest BCUT2D eigenvalue weighted by Crippen LogP contribution is -2.35. The third kappa shape index (κ3) is 5.97. The Hall–Kier alpha value is -3.93. The molecule has 0 atom stereocenters. The summed E-state index contributed by atoms with van der Waals surface area (Å²) < 4.78 is 56.6. The molecule has 1 fully saturated rings. The summed E-state index contributed by atoms with van der Waals surface area (Å²) in [7, 11) is -3.60. The Morgan fingerprint density at radius 3 is 2.69 bits per heavy atom. The number of esters is 1. The van der Waals surface area contributed by atoms with Crippen molar-refractivity contribution in [2.24, 2.45) is 0 Å². The summed E-state index contributed by atoms with van der Waals surface area (Å²) in [6.07, 6.45) is 3.64. The van der Waals surface area contributed by atoms with Crippen molar-refractivity contribution in [1.29, 1.82) is 0 Å². The number of carbonyl (C=O) groups excluding carboxylic acids is 1. The number of ether oxygens (including phenoxy) is 2. The van der Waals surface area contributed by atoms with E-state index in [1.54, 1.807) is 17.3 Å². The van der Waals surface area contributed by atoms with Gasteiger partial charge in [0.2, 0.25) is 10.0 Å². The fraction of sp³-hybridized carbons (Fsp3) is 0.389.